The lowest BCUT2D eigenvalue weighted by molar-refractivity contribution is -0.133. The van der Waals surface area contributed by atoms with Crippen molar-refractivity contribution in [2.45, 2.75) is 25.7 Å². The van der Waals surface area contributed by atoms with E-state index < -0.39 is 0 Å². The highest BCUT2D eigenvalue weighted by Gasteiger charge is 2.17. The number of hydrogen-bond donors (Lipinski definition) is 1. The molecule has 1 fully saturated rings. The summed E-state index contributed by atoms with van der Waals surface area (Å²) >= 11 is 1.39. The fourth-order valence-corrected chi connectivity index (χ4v) is 3.33. The monoisotopic (exact) mass is 331 g/mol. The SMILES string of the molecule is Nc1nc(-c2ccccc2OCC(=O)N2CCCCCC2)cs1. The summed E-state index contributed by atoms with van der Waals surface area (Å²) in [4.78, 5) is 18.5. The number of likely N-dealkylation sites (tertiary alicyclic amines) is 1. The first kappa shape index (κ1) is 15.8. The van der Waals surface area contributed by atoms with Crippen LogP contribution in [0.15, 0.2) is 29.6 Å². The number of ether oxygens (including phenoxy) is 1. The molecule has 6 heteroatoms. The van der Waals surface area contributed by atoms with Crippen LogP contribution in [0.2, 0.25) is 0 Å². The molecule has 0 saturated carbocycles. The second-order valence-electron chi connectivity index (χ2n) is 5.65. The van der Waals surface area contributed by atoms with Crippen molar-refractivity contribution in [1.82, 2.24) is 9.88 Å². The topological polar surface area (TPSA) is 68.5 Å². The average molecular weight is 331 g/mol. The number of thiazole rings is 1. The Morgan fingerprint density at radius 2 is 1.96 bits per heavy atom. The average Bonchev–Trinajstić information content (AvgIpc) is 2.83. The van der Waals surface area contributed by atoms with E-state index >= 15 is 0 Å². The first-order valence-corrected chi connectivity index (χ1v) is 8.83. The Morgan fingerprint density at radius 1 is 1.22 bits per heavy atom. The molecule has 1 aromatic carbocycles. The zero-order valence-corrected chi connectivity index (χ0v) is 13.8. The molecule has 0 atom stereocenters. The Kier molecular flexibility index (Phi) is 5.12. The van der Waals surface area contributed by atoms with Crippen LogP contribution in [0.4, 0.5) is 5.13 Å². The number of para-hydroxylation sites is 1. The molecule has 2 aromatic rings. The molecule has 0 aliphatic carbocycles. The Morgan fingerprint density at radius 3 is 2.65 bits per heavy atom. The van der Waals surface area contributed by atoms with E-state index in [-0.39, 0.29) is 12.5 Å². The third kappa shape index (κ3) is 4.01. The van der Waals surface area contributed by atoms with E-state index in [1.807, 2.05) is 34.5 Å². The van der Waals surface area contributed by atoms with Gasteiger partial charge in [0, 0.05) is 24.0 Å². The number of nitrogens with zero attached hydrogens (tertiary/aromatic N) is 2. The molecule has 1 aliphatic heterocycles. The molecule has 0 spiro atoms. The fraction of sp³-hybridized carbons (Fsp3) is 0.412. The highest BCUT2D eigenvalue weighted by atomic mass is 32.1. The normalized spacial score (nSPS) is 15.2. The van der Waals surface area contributed by atoms with Gasteiger partial charge in [0.05, 0.1) is 5.69 Å². The first-order valence-electron chi connectivity index (χ1n) is 7.95. The molecule has 2 heterocycles. The molecule has 0 bridgehead atoms. The number of carbonyl (C=O) groups is 1. The second kappa shape index (κ2) is 7.46. The maximum atomic E-state index is 12.3. The summed E-state index contributed by atoms with van der Waals surface area (Å²) in [5.41, 5.74) is 7.35. The molecule has 122 valence electrons. The minimum Gasteiger partial charge on any atom is -0.483 e. The zero-order valence-electron chi connectivity index (χ0n) is 13.0. The lowest BCUT2D eigenvalue weighted by atomic mass is 10.1. The Hall–Kier alpha value is -2.08. The summed E-state index contributed by atoms with van der Waals surface area (Å²) in [5.74, 6) is 0.723. The second-order valence-corrected chi connectivity index (χ2v) is 6.54. The van der Waals surface area contributed by atoms with Crippen LogP contribution in [0.5, 0.6) is 5.75 Å². The van der Waals surface area contributed by atoms with Gasteiger partial charge in [0.15, 0.2) is 11.7 Å². The molecule has 0 radical (unpaired) electrons. The van der Waals surface area contributed by atoms with Crippen LogP contribution in [0, 0.1) is 0 Å². The van der Waals surface area contributed by atoms with Gasteiger partial charge in [-0.05, 0) is 25.0 Å². The summed E-state index contributed by atoms with van der Waals surface area (Å²) in [6.07, 6.45) is 4.58. The number of nitrogen functional groups attached to an aromatic ring is 1. The van der Waals surface area contributed by atoms with Gasteiger partial charge in [0.2, 0.25) is 0 Å². The Bertz CT molecular complexity index is 663. The van der Waals surface area contributed by atoms with Crippen molar-refractivity contribution >= 4 is 22.4 Å². The van der Waals surface area contributed by atoms with Gasteiger partial charge in [-0.2, -0.15) is 0 Å². The number of rotatable bonds is 4. The molecule has 5 nitrogen and oxygen atoms in total. The molecule has 1 aliphatic rings. The summed E-state index contributed by atoms with van der Waals surface area (Å²) in [7, 11) is 0. The molecule has 1 saturated heterocycles. The predicted octanol–water partition coefficient (Wildman–Crippen LogP) is 3.17. The van der Waals surface area contributed by atoms with Crippen LogP contribution in [-0.2, 0) is 4.79 Å². The van der Waals surface area contributed by atoms with Crippen LogP contribution in [-0.4, -0.2) is 35.5 Å². The van der Waals surface area contributed by atoms with Crippen LogP contribution < -0.4 is 10.5 Å². The van der Waals surface area contributed by atoms with Crippen molar-refractivity contribution in [3.8, 4) is 17.0 Å². The number of amides is 1. The maximum absolute atomic E-state index is 12.3. The van der Waals surface area contributed by atoms with Gasteiger partial charge >= 0.3 is 0 Å². The van der Waals surface area contributed by atoms with E-state index in [2.05, 4.69) is 4.98 Å². The largest absolute Gasteiger partial charge is 0.483 e. The molecule has 2 N–H and O–H groups in total. The minimum atomic E-state index is 0.0551. The Balaban J connectivity index is 1.67. The van der Waals surface area contributed by atoms with Gasteiger partial charge in [-0.3, -0.25) is 4.79 Å². The number of hydrogen-bond acceptors (Lipinski definition) is 5. The standard InChI is InChI=1S/C17H21N3O2S/c18-17-19-14(12-23-17)13-7-3-4-8-15(13)22-11-16(21)20-9-5-1-2-6-10-20/h3-4,7-8,12H,1-2,5-6,9-11H2,(H2,18,19). The summed E-state index contributed by atoms with van der Waals surface area (Å²) in [6.45, 7) is 1.75. The van der Waals surface area contributed by atoms with Gasteiger partial charge in [-0.25, -0.2) is 4.98 Å². The molecular weight excluding hydrogens is 310 g/mol. The number of nitrogens with two attached hydrogens (primary N) is 1. The van der Waals surface area contributed by atoms with Crippen molar-refractivity contribution < 1.29 is 9.53 Å². The van der Waals surface area contributed by atoms with Crippen LogP contribution in [0.25, 0.3) is 11.3 Å². The van der Waals surface area contributed by atoms with Crippen molar-refractivity contribution in [3.63, 3.8) is 0 Å². The van der Waals surface area contributed by atoms with E-state index in [4.69, 9.17) is 10.5 Å². The van der Waals surface area contributed by atoms with E-state index in [0.29, 0.717) is 10.9 Å². The van der Waals surface area contributed by atoms with Gasteiger partial charge in [-0.15, -0.1) is 11.3 Å². The van der Waals surface area contributed by atoms with Crippen molar-refractivity contribution in [2.24, 2.45) is 0 Å². The summed E-state index contributed by atoms with van der Waals surface area (Å²) in [6, 6.07) is 7.61. The van der Waals surface area contributed by atoms with Gasteiger partial charge < -0.3 is 15.4 Å². The van der Waals surface area contributed by atoms with E-state index in [0.717, 1.165) is 37.2 Å². The molecule has 23 heavy (non-hydrogen) atoms. The minimum absolute atomic E-state index is 0.0551. The zero-order chi connectivity index (χ0) is 16.1. The highest BCUT2D eigenvalue weighted by molar-refractivity contribution is 7.13. The molecule has 0 unspecified atom stereocenters. The predicted molar refractivity (Wildman–Crippen MR) is 92.5 cm³/mol. The molecule has 3 rings (SSSR count). The first-order chi connectivity index (χ1) is 11.2. The van der Waals surface area contributed by atoms with Crippen molar-refractivity contribution in [1.29, 1.82) is 0 Å². The number of benzene rings is 1. The van der Waals surface area contributed by atoms with E-state index in [1.165, 1.54) is 24.2 Å². The number of aromatic nitrogens is 1. The smallest absolute Gasteiger partial charge is 0.260 e. The van der Waals surface area contributed by atoms with E-state index in [1.54, 1.807) is 0 Å². The van der Waals surface area contributed by atoms with Crippen LogP contribution >= 0.6 is 11.3 Å². The maximum Gasteiger partial charge on any atom is 0.260 e. The fourth-order valence-electron chi connectivity index (χ4n) is 2.77. The molecule has 1 amide bonds. The van der Waals surface area contributed by atoms with Crippen molar-refractivity contribution in [2.75, 3.05) is 25.4 Å². The van der Waals surface area contributed by atoms with Gasteiger partial charge in [0.1, 0.15) is 5.75 Å². The van der Waals surface area contributed by atoms with Gasteiger partial charge in [0.25, 0.3) is 5.91 Å². The van der Waals surface area contributed by atoms with Crippen LogP contribution in [0.3, 0.4) is 0 Å². The molecule has 1 aromatic heterocycles. The highest BCUT2D eigenvalue weighted by Crippen LogP contribution is 2.31. The molecular formula is C17H21N3O2S. The lowest BCUT2D eigenvalue weighted by Crippen LogP contribution is -2.35. The quantitative estimate of drug-likeness (QED) is 0.934. The Labute approximate surface area is 140 Å². The van der Waals surface area contributed by atoms with Crippen molar-refractivity contribution in [3.05, 3.63) is 29.6 Å². The third-order valence-corrected chi connectivity index (χ3v) is 4.67. The third-order valence-electron chi connectivity index (χ3n) is 3.99. The number of carbonyl (C=O) groups excluding carboxylic acids is 1. The number of anilines is 1. The summed E-state index contributed by atoms with van der Waals surface area (Å²) < 4.78 is 5.79. The van der Waals surface area contributed by atoms with Crippen LogP contribution in [0.1, 0.15) is 25.7 Å². The lowest BCUT2D eigenvalue weighted by Gasteiger charge is -2.20. The van der Waals surface area contributed by atoms with E-state index in [9.17, 15) is 4.79 Å². The summed E-state index contributed by atoms with van der Waals surface area (Å²) in [5, 5.41) is 2.42. The van der Waals surface area contributed by atoms with Gasteiger partial charge in [-0.1, -0.05) is 25.0 Å².